The Hall–Kier alpha value is -2.00. The van der Waals surface area contributed by atoms with Crippen LogP contribution in [0.5, 0.6) is 11.6 Å². The number of nitrogens with one attached hydrogen (secondary N) is 1. The van der Waals surface area contributed by atoms with Crippen molar-refractivity contribution in [1.82, 2.24) is 9.71 Å². The van der Waals surface area contributed by atoms with Crippen LogP contribution in [0.4, 0.5) is 5.82 Å². The normalized spacial score (nSPS) is 12.4. The van der Waals surface area contributed by atoms with Crippen LogP contribution in [0.1, 0.15) is 0 Å². The minimum atomic E-state index is -1.14. The number of nitrogens with two attached hydrogens (primary N) is 1. The van der Waals surface area contributed by atoms with Gasteiger partial charge in [0.05, 0.1) is 6.61 Å². The maximum Gasteiger partial charge on any atom is 0.264 e. The van der Waals surface area contributed by atoms with E-state index in [9.17, 15) is 5.11 Å². The molecule has 0 bridgehead atoms. The molecule has 1 atom stereocenters. The van der Waals surface area contributed by atoms with Gasteiger partial charge >= 0.3 is 0 Å². The average Bonchev–Trinajstić information content (AvgIpc) is 2.28. The maximum atomic E-state index is 9.37. The number of nitrogen functional groups attached to an aromatic ring is 1. The minimum absolute atomic E-state index is 0.171. The molecule has 1 aromatic heterocycles. The smallest absolute Gasteiger partial charge is 0.264 e. The van der Waals surface area contributed by atoms with E-state index < -0.39 is 35.8 Å². The fourth-order valence-corrected chi connectivity index (χ4v) is 0.849. The van der Waals surface area contributed by atoms with Crippen molar-refractivity contribution < 1.29 is 25.3 Å². The molecule has 7 N–H and O–H groups in total. The first kappa shape index (κ1) is 12.1. The molecule has 1 aromatic rings. The summed E-state index contributed by atoms with van der Waals surface area (Å²) in [4.78, 5) is 3.37. The molecule has 90 valence electrons. The van der Waals surface area contributed by atoms with Crippen molar-refractivity contribution in [3.63, 3.8) is 0 Å². The maximum absolute atomic E-state index is 9.37. The summed E-state index contributed by atoms with van der Waals surface area (Å²) in [6.45, 7) is -0.845. The average molecular weight is 232 g/mol. The van der Waals surface area contributed by atoms with Gasteiger partial charge in [0.2, 0.25) is 5.75 Å². The van der Waals surface area contributed by atoms with Crippen LogP contribution in [0, 0.1) is 5.41 Å². The molecule has 1 unspecified atom stereocenters. The summed E-state index contributed by atoms with van der Waals surface area (Å²) >= 11 is 0. The molecule has 0 aliphatic rings. The van der Waals surface area contributed by atoms with Crippen molar-refractivity contribution in [2.45, 2.75) is 6.10 Å². The summed E-state index contributed by atoms with van der Waals surface area (Å²) in [7, 11) is 0. The van der Waals surface area contributed by atoms with Gasteiger partial charge in [-0.25, -0.2) is 0 Å². The van der Waals surface area contributed by atoms with Gasteiger partial charge in [-0.15, -0.1) is 4.73 Å². The van der Waals surface area contributed by atoms with Crippen LogP contribution in [-0.4, -0.2) is 49.6 Å². The number of hydrogen-bond donors (Lipinski definition) is 6. The van der Waals surface area contributed by atoms with E-state index in [1.165, 1.54) is 0 Å². The number of aromatic hydroxyl groups is 1. The predicted octanol–water partition coefficient (Wildman–Crippen LogP) is -2.38. The number of anilines is 1. The first-order valence-electron chi connectivity index (χ1n) is 4.24. The Morgan fingerprint density at radius 1 is 1.56 bits per heavy atom. The van der Waals surface area contributed by atoms with Crippen LogP contribution in [0.25, 0.3) is 0 Å². The third-order valence-corrected chi connectivity index (χ3v) is 1.70. The lowest BCUT2D eigenvalue weighted by Crippen LogP contribution is -2.26. The topological polar surface area (TPSA) is 158 Å². The largest absolute Gasteiger partial charge is 0.501 e. The molecule has 1 heterocycles. The predicted molar refractivity (Wildman–Crippen MR) is 49.9 cm³/mol. The molecule has 16 heavy (non-hydrogen) atoms. The number of nitrogens with zero attached hydrogens (tertiary/aromatic N) is 2. The summed E-state index contributed by atoms with van der Waals surface area (Å²) in [6.07, 6.45) is -1.14. The number of ether oxygens (including phenoxy) is 1. The van der Waals surface area contributed by atoms with E-state index in [1.807, 2.05) is 0 Å². The zero-order valence-electron chi connectivity index (χ0n) is 8.16. The van der Waals surface area contributed by atoms with E-state index >= 15 is 0 Å². The Labute approximate surface area is 89.4 Å². The van der Waals surface area contributed by atoms with Gasteiger partial charge in [-0.05, 0) is 0 Å². The van der Waals surface area contributed by atoms with Crippen molar-refractivity contribution in [2.75, 3.05) is 18.9 Å². The van der Waals surface area contributed by atoms with E-state index in [0.717, 1.165) is 0 Å². The molecule has 9 heteroatoms. The second-order valence-corrected chi connectivity index (χ2v) is 2.93. The Morgan fingerprint density at radius 2 is 2.19 bits per heavy atom. The van der Waals surface area contributed by atoms with Crippen LogP contribution in [0.2, 0.25) is 0 Å². The van der Waals surface area contributed by atoms with E-state index in [2.05, 4.69) is 4.98 Å². The summed E-state index contributed by atoms with van der Waals surface area (Å²) in [5.41, 5.74) is 4.60. The van der Waals surface area contributed by atoms with Crippen molar-refractivity contribution in [2.24, 2.45) is 0 Å². The number of aliphatic hydroxyl groups is 2. The summed E-state index contributed by atoms with van der Waals surface area (Å²) < 4.78 is 4.98. The molecule has 1 rings (SSSR count). The SMILES string of the molecule is N=c1nc(OCC(O)CO)c(O)c(N)n1O. The first-order chi connectivity index (χ1) is 7.47. The van der Waals surface area contributed by atoms with Crippen LogP contribution >= 0.6 is 0 Å². The van der Waals surface area contributed by atoms with Crippen molar-refractivity contribution >= 4 is 5.82 Å². The van der Waals surface area contributed by atoms with Gasteiger partial charge < -0.3 is 31.0 Å². The molecule has 0 saturated carbocycles. The van der Waals surface area contributed by atoms with Gasteiger partial charge in [-0.2, -0.15) is 4.98 Å². The number of aliphatic hydroxyl groups excluding tert-OH is 2. The van der Waals surface area contributed by atoms with E-state index in [1.54, 1.807) is 0 Å². The highest BCUT2D eigenvalue weighted by Gasteiger charge is 2.14. The Kier molecular flexibility index (Phi) is 3.53. The Balaban J connectivity index is 2.94. The van der Waals surface area contributed by atoms with E-state index in [0.29, 0.717) is 0 Å². The molecule has 0 aliphatic carbocycles. The van der Waals surface area contributed by atoms with Crippen LogP contribution < -0.4 is 16.1 Å². The quantitative estimate of drug-likeness (QED) is 0.316. The molecule has 0 fully saturated rings. The molecular formula is C7H12N4O5. The minimum Gasteiger partial charge on any atom is -0.501 e. The Morgan fingerprint density at radius 3 is 2.75 bits per heavy atom. The van der Waals surface area contributed by atoms with E-state index in [4.69, 9.17) is 31.3 Å². The molecule has 9 nitrogen and oxygen atoms in total. The van der Waals surface area contributed by atoms with Gasteiger partial charge in [-0.3, -0.25) is 5.41 Å². The lowest BCUT2D eigenvalue weighted by atomic mass is 10.4. The molecule has 0 aromatic carbocycles. The van der Waals surface area contributed by atoms with E-state index in [-0.39, 0.29) is 11.3 Å². The molecule has 0 saturated heterocycles. The van der Waals surface area contributed by atoms with Crippen molar-refractivity contribution in [1.29, 1.82) is 5.41 Å². The fraction of sp³-hybridized carbons (Fsp3) is 0.429. The summed E-state index contributed by atoms with van der Waals surface area (Å²) in [5, 5.41) is 43.1. The molecular weight excluding hydrogens is 220 g/mol. The summed E-state index contributed by atoms with van der Waals surface area (Å²) in [5.74, 6) is -1.56. The highest BCUT2D eigenvalue weighted by molar-refractivity contribution is 5.50. The van der Waals surface area contributed by atoms with Gasteiger partial charge in [0.1, 0.15) is 12.7 Å². The van der Waals surface area contributed by atoms with Gasteiger partial charge in [0.25, 0.3) is 11.5 Å². The summed E-state index contributed by atoms with van der Waals surface area (Å²) in [6, 6.07) is 0. The number of hydrogen-bond acceptors (Lipinski definition) is 8. The second-order valence-electron chi connectivity index (χ2n) is 2.93. The third-order valence-electron chi connectivity index (χ3n) is 1.70. The number of rotatable bonds is 4. The second kappa shape index (κ2) is 4.68. The first-order valence-corrected chi connectivity index (χ1v) is 4.24. The molecule has 0 spiro atoms. The molecule has 0 aliphatic heterocycles. The molecule has 0 amide bonds. The van der Waals surface area contributed by atoms with Gasteiger partial charge in [-0.1, -0.05) is 0 Å². The van der Waals surface area contributed by atoms with Crippen LogP contribution in [0.15, 0.2) is 0 Å². The monoisotopic (exact) mass is 232 g/mol. The third kappa shape index (κ3) is 2.32. The van der Waals surface area contributed by atoms with Crippen molar-refractivity contribution in [3.8, 4) is 11.6 Å². The van der Waals surface area contributed by atoms with Crippen LogP contribution in [0.3, 0.4) is 0 Å². The van der Waals surface area contributed by atoms with Gasteiger partial charge in [0.15, 0.2) is 5.82 Å². The Bertz CT molecular complexity index is 432. The van der Waals surface area contributed by atoms with Gasteiger partial charge in [0, 0.05) is 0 Å². The lowest BCUT2D eigenvalue weighted by molar-refractivity contribution is 0.0503. The lowest BCUT2D eigenvalue weighted by Gasteiger charge is -2.12. The highest BCUT2D eigenvalue weighted by Crippen LogP contribution is 2.26. The zero-order valence-corrected chi connectivity index (χ0v) is 8.16. The standard InChI is InChI=1S/C7H12N4O5/c8-5-4(14)6(10-7(9)11(5)15)16-2-3(13)1-12/h3,9,12-15H,1-2,8H2. The number of aromatic nitrogens is 2. The molecule has 0 radical (unpaired) electrons. The zero-order chi connectivity index (χ0) is 12.3. The fourth-order valence-electron chi connectivity index (χ4n) is 0.849. The highest BCUT2D eigenvalue weighted by atomic mass is 16.5. The van der Waals surface area contributed by atoms with Crippen LogP contribution in [-0.2, 0) is 0 Å². The van der Waals surface area contributed by atoms with Crippen molar-refractivity contribution in [3.05, 3.63) is 5.62 Å².